The van der Waals surface area contributed by atoms with Gasteiger partial charge in [-0.25, -0.2) is 0 Å². The molecule has 1 amide bonds. The Morgan fingerprint density at radius 2 is 2.38 bits per heavy atom. The van der Waals surface area contributed by atoms with Gasteiger partial charge >= 0.3 is 0 Å². The fraction of sp³-hybridized carbons (Fsp3) is 0.600. The molecular weight excluding hydrogens is 208 g/mol. The Hall–Kier alpha value is -1.72. The van der Waals surface area contributed by atoms with E-state index in [1.165, 1.54) is 6.33 Å². The van der Waals surface area contributed by atoms with E-state index in [2.05, 4.69) is 20.5 Å². The van der Waals surface area contributed by atoms with Crippen molar-refractivity contribution in [3.63, 3.8) is 0 Å². The van der Waals surface area contributed by atoms with Crippen LogP contribution in [0.4, 0.5) is 0 Å². The molecule has 88 valence electrons. The highest BCUT2D eigenvalue weighted by molar-refractivity contribution is 5.78. The lowest BCUT2D eigenvalue weighted by atomic mass is 10.1. The molecule has 1 aromatic heterocycles. The number of aromatic amines is 1. The minimum atomic E-state index is -0.321. The molecule has 16 heavy (non-hydrogen) atoms. The zero-order valence-corrected chi connectivity index (χ0v) is 9.49. The summed E-state index contributed by atoms with van der Waals surface area (Å²) in [5, 5.41) is 9.86. The molecule has 0 aliphatic rings. The molecule has 0 aliphatic carbocycles. The second-order valence-electron chi connectivity index (χ2n) is 3.67. The topological polar surface area (TPSA) is 87.7 Å². The quantitative estimate of drug-likeness (QED) is 0.748. The fourth-order valence-electron chi connectivity index (χ4n) is 1.34. The van der Waals surface area contributed by atoms with Crippen LogP contribution < -0.4 is 10.9 Å². The lowest BCUT2D eigenvalue weighted by Crippen LogP contribution is -2.31. The number of amides is 1. The first-order valence-electron chi connectivity index (χ1n) is 5.32. The second-order valence-corrected chi connectivity index (χ2v) is 3.67. The summed E-state index contributed by atoms with van der Waals surface area (Å²) in [6, 6.07) is 0. The first kappa shape index (κ1) is 12.4. The van der Waals surface area contributed by atoms with Crippen molar-refractivity contribution >= 4 is 5.91 Å². The lowest BCUT2D eigenvalue weighted by Gasteiger charge is -2.09. The molecule has 1 atom stereocenters. The molecule has 1 unspecified atom stereocenters. The number of carbonyl (C=O) groups excluding carboxylic acids is 1. The van der Waals surface area contributed by atoms with Gasteiger partial charge in [-0.05, 0) is 6.42 Å². The summed E-state index contributed by atoms with van der Waals surface area (Å²) in [5.41, 5.74) is -0.0991. The van der Waals surface area contributed by atoms with Crippen LogP contribution in [0.3, 0.4) is 0 Å². The van der Waals surface area contributed by atoms with Crippen molar-refractivity contribution in [2.75, 3.05) is 0 Å². The molecule has 1 rings (SSSR count). The van der Waals surface area contributed by atoms with E-state index in [4.69, 9.17) is 0 Å². The van der Waals surface area contributed by atoms with Gasteiger partial charge in [-0.1, -0.05) is 20.3 Å². The van der Waals surface area contributed by atoms with E-state index in [1.54, 1.807) is 0 Å². The van der Waals surface area contributed by atoms with E-state index in [0.29, 0.717) is 0 Å². The Balaban J connectivity index is 2.49. The third-order valence-corrected chi connectivity index (χ3v) is 2.29. The van der Waals surface area contributed by atoms with Crippen LogP contribution in [0.1, 0.15) is 32.4 Å². The maximum absolute atomic E-state index is 11.5. The number of aromatic nitrogens is 3. The Labute approximate surface area is 93.5 Å². The average molecular weight is 224 g/mol. The molecular formula is C10H16N4O2. The van der Waals surface area contributed by atoms with E-state index >= 15 is 0 Å². The van der Waals surface area contributed by atoms with Gasteiger partial charge in [0.05, 0.1) is 6.54 Å². The minimum absolute atomic E-state index is 0.0410. The monoisotopic (exact) mass is 224 g/mol. The van der Waals surface area contributed by atoms with Crippen molar-refractivity contribution in [1.29, 1.82) is 0 Å². The molecule has 0 aliphatic heterocycles. The van der Waals surface area contributed by atoms with Gasteiger partial charge in [0.1, 0.15) is 12.0 Å². The summed E-state index contributed by atoms with van der Waals surface area (Å²) in [6.07, 6.45) is 3.01. The summed E-state index contributed by atoms with van der Waals surface area (Å²) in [5.74, 6) is -0.104. The Kier molecular flexibility index (Phi) is 4.63. The largest absolute Gasteiger partial charge is 0.350 e. The molecule has 0 radical (unpaired) electrons. The number of hydrogen-bond acceptors (Lipinski definition) is 4. The first-order valence-corrected chi connectivity index (χ1v) is 5.32. The lowest BCUT2D eigenvalue weighted by molar-refractivity contribution is -0.124. The van der Waals surface area contributed by atoms with E-state index < -0.39 is 0 Å². The van der Waals surface area contributed by atoms with Crippen LogP contribution in [0.5, 0.6) is 0 Å². The highest BCUT2D eigenvalue weighted by Gasteiger charge is 2.12. The molecule has 2 N–H and O–H groups in total. The molecule has 0 fully saturated rings. The predicted octanol–water partition coefficient (Wildman–Crippen LogP) is 0.217. The predicted molar refractivity (Wildman–Crippen MR) is 58.6 cm³/mol. The highest BCUT2D eigenvalue weighted by Crippen LogP contribution is 2.04. The van der Waals surface area contributed by atoms with Crippen molar-refractivity contribution < 1.29 is 4.79 Å². The molecule has 6 nitrogen and oxygen atoms in total. The number of H-pyrrole nitrogens is 1. The summed E-state index contributed by atoms with van der Waals surface area (Å²) in [4.78, 5) is 25.2. The van der Waals surface area contributed by atoms with Gasteiger partial charge in [-0.3, -0.25) is 9.59 Å². The van der Waals surface area contributed by atoms with Gasteiger partial charge < -0.3 is 10.3 Å². The van der Waals surface area contributed by atoms with Crippen LogP contribution in [-0.4, -0.2) is 21.1 Å². The number of hydrogen-bond donors (Lipinski definition) is 2. The van der Waals surface area contributed by atoms with Crippen LogP contribution in [-0.2, 0) is 11.3 Å². The molecule has 0 saturated heterocycles. The molecule has 0 bridgehead atoms. The standard InChI is InChI=1S/C10H16N4O2/c1-3-4-7(2)9(15)11-5-8-10(16)12-6-13-14-8/h6-7H,3-5H2,1-2H3,(H,11,15)(H,12,13,16). The highest BCUT2D eigenvalue weighted by atomic mass is 16.2. The second kappa shape index (κ2) is 5.99. The van der Waals surface area contributed by atoms with Gasteiger partial charge in [0.15, 0.2) is 0 Å². The summed E-state index contributed by atoms with van der Waals surface area (Å²) in [7, 11) is 0. The van der Waals surface area contributed by atoms with Crippen LogP contribution in [0.15, 0.2) is 11.1 Å². The Bertz CT molecular complexity index is 402. The summed E-state index contributed by atoms with van der Waals surface area (Å²) in [6.45, 7) is 4.01. The molecule has 1 aromatic rings. The number of nitrogens with zero attached hydrogens (tertiary/aromatic N) is 2. The van der Waals surface area contributed by atoms with Crippen LogP contribution in [0, 0.1) is 5.92 Å². The molecule has 0 saturated carbocycles. The van der Waals surface area contributed by atoms with Crippen molar-refractivity contribution in [3.05, 3.63) is 22.4 Å². The van der Waals surface area contributed by atoms with Gasteiger partial charge in [-0.15, -0.1) is 10.2 Å². The first-order chi connectivity index (χ1) is 7.65. The number of carbonyl (C=O) groups is 1. The number of nitrogens with one attached hydrogen (secondary N) is 2. The average Bonchev–Trinajstić information content (AvgIpc) is 2.28. The van der Waals surface area contributed by atoms with Crippen molar-refractivity contribution in [3.8, 4) is 0 Å². The van der Waals surface area contributed by atoms with Crippen LogP contribution >= 0.6 is 0 Å². The SMILES string of the molecule is CCCC(C)C(=O)NCc1nnc[nH]c1=O. The maximum atomic E-state index is 11.5. The zero-order valence-electron chi connectivity index (χ0n) is 9.49. The summed E-state index contributed by atoms with van der Waals surface area (Å²) >= 11 is 0. The van der Waals surface area contributed by atoms with Gasteiger partial charge in [0.2, 0.25) is 5.91 Å². The smallest absolute Gasteiger partial charge is 0.274 e. The normalized spacial score (nSPS) is 12.1. The van der Waals surface area contributed by atoms with Gasteiger partial charge in [0, 0.05) is 5.92 Å². The van der Waals surface area contributed by atoms with Crippen molar-refractivity contribution in [1.82, 2.24) is 20.5 Å². The molecule has 0 spiro atoms. The van der Waals surface area contributed by atoms with Crippen LogP contribution in [0.2, 0.25) is 0 Å². The van der Waals surface area contributed by atoms with Gasteiger partial charge in [-0.2, -0.15) is 0 Å². The Morgan fingerprint density at radius 1 is 1.62 bits per heavy atom. The van der Waals surface area contributed by atoms with Crippen molar-refractivity contribution in [2.24, 2.45) is 5.92 Å². The fourth-order valence-corrected chi connectivity index (χ4v) is 1.34. The van der Waals surface area contributed by atoms with Crippen LogP contribution in [0.25, 0.3) is 0 Å². The molecule has 1 heterocycles. The van der Waals surface area contributed by atoms with E-state index in [0.717, 1.165) is 12.8 Å². The van der Waals surface area contributed by atoms with E-state index in [-0.39, 0.29) is 29.6 Å². The van der Waals surface area contributed by atoms with E-state index in [9.17, 15) is 9.59 Å². The summed E-state index contributed by atoms with van der Waals surface area (Å²) < 4.78 is 0. The third-order valence-electron chi connectivity index (χ3n) is 2.29. The maximum Gasteiger partial charge on any atom is 0.274 e. The van der Waals surface area contributed by atoms with Crippen molar-refractivity contribution in [2.45, 2.75) is 33.2 Å². The minimum Gasteiger partial charge on any atom is -0.350 e. The number of rotatable bonds is 5. The molecule has 6 heteroatoms. The Morgan fingerprint density at radius 3 is 3.00 bits per heavy atom. The van der Waals surface area contributed by atoms with E-state index in [1.807, 2.05) is 13.8 Å². The zero-order chi connectivity index (χ0) is 12.0. The third kappa shape index (κ3) is 3.45. The molecule has 0 aromatic carbocycles. The van der Waals surface area contributed by atoms with Gasteiger partial charge in [0.25, 0.3) is 5.56 Å².